The Bertz CT molecular complexity index is 1320. The van der Waals surface area contributed by atoms with Gasteiger partial charge in [-0.25, -0.2) is 8.42 Å². The van der Waals surface area contributed by atoms with Gasteiger partial charge in [-0.05, 0) is 57.1 Å². The second-order valence-electron chi connectivity index (χ2n) is 8.59. The molecule has 0 spiro atoms. The molecule has 1 fully saturated rings. The van der Waals surface area contributed by atoms with Crippen molar-refractivity contribution in [2.45, 2.75) is 36.6 Å². The molecule has 0 aliphatic carbocycles. The monoisotopic (exact) mass is 513 g/mol. The second kappa shape index (κ2) is 11.0. The number of nitrogens with one attached hydrogen (secondary N) is 3. The molecule has 2 heterocycles. The Morgan fingerprint density at radius 3 is 2.42 bits per heavy atom. The largest absolute Gasteiger partial charge is 0.480 e. The smallest absolute Gasteiger partial charge is 0.323 e. The summed E-state index contributed by atoms with van der Waals surface area (Å²) in [7, 11) is -4.08. The number of nitrogens with zero attached hydrogens (tertiary/aromatic N) is 2. The summed E-state index contributed by atoms with van der Waals surface area (Å²) >= 11 is 0. The zero-order chi connectivity index (χ0) is 25.7. The van der Waals surface area contributed by atoms with Crippen molar-refractivity contribution in [2.75, 3.05) is 19.6 Å². The van der Waals surface area contributed by atoms with E-state index in [4.69, 9.17) is 4.52 Å². The molecule has 4 rings (SSSR count). The molecule has 1 aromatic heterocycles. The molecule has 190 valence electrons. The van der Waals surface area contributed by atoms with Crippen LogP contribution in [0.5, 0.6) is 0 Å². The number of carbonyl (C=O) groups is 2. The number of hydrogen-bond donors (Lipinski definition) is 4. The van der Waals surface area contributed by atoms with Crippen LogP contribution in [0.25, 0.3) is 11.4 Å². The molecule has 0 bridgehead atoms. The van der Waals surface area contributed by atoms with E-state index in [1.807, 2.05) is 0 Å². The van der Waals surface area contributed by atoms with Crippen LogP contribution in [0.1, 0.15) is 40.6 Å². The number of sulfonamides is 1. The molecule has 4 N–H and O–H groups in total. The molecule has 0 unspecified atom stereocenters. The van der Waals surface area contributed by atoms with Gasteiger partial charge in [-0.1, -0.05) is 35.0 Å². The van der Waals surface area contributed by atoms with Gasteiger partial charge in [0.15, 0.2) is 0 Å². The Balaban J connectivity index is 1.37. The molecular weight excluding hydrogens is 486 g/mol. The van der Waals surface area contributed by atoms with Gasteiger partial charge in [0.05, 0.1) is 4.90 Å². The van der Waals surface area contributed by atoms with Crippen LogP contribution in [0, 0.1) is 6.92 Å². The molecule has 36 heavy (non-hydrogen) atoms. The number of carboxylic acids is 1. The zero-order valence-electron chi connectivity index (χ0n) is 19.6. The fourth-order valence-electron chi connectivity index (χ4n) is 3.81. The topological polar surface area (TPSA) is 164 Å². The van der Waals surface area contributed by atoms with E-state index in [1.54, 1.807) is 43.3 Å². The number of piperidine rings is 1. The summed E-state index contributed by atoms with van der Waals surface area (Å²) in [5.41, 5.74) is 1.81. The molecule has 11 nitrogen and oxygen atoms in total. The van der Waals surface area contributed by atoms with Gasteiger partial charge < -0.3 is 20.3 Å². The lowest BCUT2D eigenvalue weighted by atomic mass is 9.98. The number of aryl methyl sites for hydroxylation is 1. The third-order valence-corrected chi connectivity index (χ3v) is 7.42. The standard InChI is InChI=1S/C24H27N5O6S/c1-15-2-8-19(9-3-15)36(33,34)29-20(24(31)32)14-26-22(30)17-6-4-16(5-7-17)21-27-23(35-28-21)18-10-12-25-13-11-18/h2-9,18,20,25,29H,10-14H2,1H3,(H,26,30)(H,31,32)/t20-/m0/s1. The first-order valence-corrected chi connectivity index (χ1v) is 13.0. The summed E-state index contributed by atoms with van der Waals surface area (Å²) in [5, 5.41) is 19.3. The van der Waals surface area contributed by atoms with Gasteiger partial charge in [-0.15, -0.1) is 0 Å². The van der Waals surface area contributed by atoms with E-state index >= 15 is 0 Å². The van der Waals surface area contributed by atoms with Gasteiger partial charge >= 0.3 is 5.97 Å². The summed E-state index contributed by atoms with van der Waals surface area (Å²) in [6.45, 7) is 3.18. The fourth-order valence-corrected chi connectivity index (χ4v) is 5.00. The minimum Gasteiger partial charge on any atom is -0.480 e. The zero-order valence-corrected chi connectivity index (χ0v) is 20.4. The van der Waals surface area contributed by atoms with Gasteiger partial charge in [0, 0.05) is 23.6 Å². The summed E-state index contributed by atoms with van der Waals surface area (Å²) < 4.78 is 32.6. The highest BCUT2D eigenvalue weighted by atomic mass is 32.2. The van der Waals surface area contributed by atoms with Gasteiger partial charge in [0.2, 0.25) is 21.7 Å². The van der Waals surface area contributed by atoms with Crippen molar-refractivity contribution in [1.29, 1.82) is 0 Å². The van der Waals surface area contributed by atoms with Crippen molar-refractivity contribution in [1.82, 2.24) is 25.5 Å². The molecular formula is C24H27N5O6S. The van der Waals surface area contributed by atoms with Crippen molar-refractivity contribution in [2.24, 2.45) is 0 Å². The highest BCUT2D eigenvalue weighted by Crippen LogP contribution is 2.26. The second-order valence-corrected chi connectivity index (χ2v) is 10.3. The van der Waals surface area contributed by atoms with Gasteiger partial charge in [-0.2, -0.15) is 9.71 Å². The molecule has 0 radical (unpaired) electrons. The summed E-state index contributed by atoms with van der Waals surface area (Å²) in [4.78, 5) is 28.6. The first-order chi connectivity index (χ1) is 17.2. The third-order valence-electron chi connectivity index (χ3n) is 5.93. The quantitative estimate of drug-likeness (QED) is 0.333. The Labute approximate surface area is 208 Å². The summed E-state index contributed by atoms with van der Waals surface area (Å²) in [5.74, 6) is -0.718. The maximum absolute atomic E-state index is 12.6. The average molecular weight is 514 g/mol. The number of rotatable bonds is 9. The van der Waals surface area contributed by atoms with Gasteiger partial charge in [-0.3, -0.25) is 9.59 Å². The van der Waals surface area contributed by atoms with Crippen LogP contribution in [-0.4, -0.2) is 61.2 Å². The minimum atomic E-state index is -4.08. The van der Waals surface area contributed by atoms with Crippen LogP contribution >= 0.6 is 0 Å². The normalized spacial score (nSPS) is 15.4. The molecule has 3 aromatic rings. The maximum Gasteiger partial charge on any atom is 0.323 e. The number of carbonyl (C=O) groups excluding carboxylic acids is 1. The minimum absolute atomic E-state index is 0.0639. The molecule has 2 aromatic carbocycles. The Morgan fingerprint density at radius 1 is 1.11 bits per heavy atom. The van der Waals surface area contributed by atoms with Crippen LogP contribution in [-0.2, 0) is 14.8 Å². The molecule has 0 saturated carbocycles. The molecule has 1 aliphatic heterocycles. The SMILES string of the molecule is Cc1ccc(S(=O)(=O)N[C@@H](CNC(=O)c2ccc(-c3noc(C4CCNCC4)n3)cc2)C(=O)O)cc1. The lowest BCUT2D eigenvalue weighted by Crippen LogP contribution is -2.48. The summed E-state index contributed by atoms with van der Waals surface area (Å²) in [6.07, 6.45) is 1.86. The molecule has 1 aliphatic rings. The molecule has 1 amide bonds. The van der Waals surface area contributed by atoms with Crippen LogP contribution in [0.3, 0.4) is 0 Å². The lowest BCUT2D eigenvalue weighted by molar-refractivity contribution is -0.138. The predicted octanol–water partition coefficient (Wildman–Crippen LogP) is 1.67. The Hall–Kier alpha value is -3.61. The van der Waals surface area contributed by atoms with E-state index < -0.39 is 34.5 Å². The highest BCUT2D eigenvalue weighted by Gasteiger charge is 2.26. The van der Waals surface area contributed by atoms with Crippen molar-refractivity contribution >= 4 is 21.9 Å². The van der Waals surface area contributed by atoms with E-state index in [2.05, 4.69) is 25.5 Å². The van der Waals surface area contributed by atoms with Crippen LogP contribution in [0.15, 0.2) is 57.9 Å². The number of aliphatic carboxylic acids is 1. The third kappa shape index (κ3) is 6.14. The van der Waals surface area contributed by atoms with Crippen molar-refractivity contribution in [3.8, 4) is 11.4 Å². The Kier molecular flexibility index (Phi) is 7.77. The van der Waals surface area contributed by atoms with E-state index in [9.17, 15) is 23.1 Å². The van der Waals surface area contributed by atoms with E-state index in [0.717, 1.165) is 31.5 Å². The van der Waals surface area contributed by atoms with Crippen LogP contribution in [0.4, 0.5) is 0 Å². The van der Waals surface area contributed by atoms with Gasteiger partial charge in [0.25, 0.3) is 5.91 Å². The van der Waals surface area contributed by atoms with Crippen LogP contribution in [0.2, 0.25) is 0 Å². The van der Waals surface area contributed by atoms with Crippen molar-refractivity contribution in [3.63, 3.8) is 0 Å². The molecule has 1 atom stereocenters. The first kappa shape index (κ1) is 25.5. The number of aromatic nitrogens is 2. The van der Waals surface area contributed by atoms with Crippen molar-refractivity contribution < 1.29 is 27.6 Å². The maximum atomic E-state index is 12.6. The van der Waals surface area contributed by atoms with Crippen molar-refractivity contribution in [3.05, 3.63) is 65.5 Å². The molecule has 1 saturated heterocycles. The van der Waals surface area contributed by atoms with E-state index in [-0.39, 0.29) is 16.4 Å². The number of benzene rings is 2. The lowest BCUT2D eigenvalue weighted by Gasteiger charge is -2.18. The number of amides is 1. The summed E-state index contributed by atoms with van der Waals surface area (Å²) in [6, 6.07) is 10.9. The highest BCUT2D eigenvalue weighted by molar-refractivity contribution is 7.89. The first-order valence-electron chi connectivity index (χ1n) is 11.5. The van der Waals surface area contributed by atoms with Crippen LogP contribution < -0.4 is 15.4 Å². The van der Waals surface area contributed by atoms with Gasteiger partial charge in [0.1, 0.15) is 6.04 Å². The average Bonchev–Trinajstić information content (AvgIpc) is 3.37. The Morgan fingerprint density at radius 2 is 1.78 bits per heavy atom. The fraction of sp³-hybridized carbons (Fsp3) is 0.333. The predicted molar refractivity (Wildman–Crippen MR) is 130 cm³/mol. The van der Waals surface area contributed by atoms with E-state index in [0.29, 0.717) is 17.3 Å². The molecule has 12 heteroatoms. The number of hydrogen-bond acceptors (Lipinski definition) is 8. The van der Waals surface area contributed by atoms with E-state index in [1.165, 1.54) is 12.1 Å². The number of carboxylic acid groups (broad SMARTS) is 1.